The lowest BCUT2D eigenvalue weighted by atomic mass is 9.68. The first-order valence-electron chi connectivity index (χ1n) is 10.6. The van der Waals surface area contributed by atoms with Crippen molar-refractivity contribution in [2.24, 2.45) is 11.8 Å². The van der Waals surface area contributed by atoms with Crippen LogP contribution in [0.25, 0.3) is 10.9 Å². The molecule has 2 bridgehead atoms. The maximum atomic E-state index is 14.4. The lowest BCUT2D eigenvalue weighted by Gasteiger charge is -2.52. The van der Waals surface area contributed by atoms with Crippen molar-refractivity contribution in [1.82, 2.24) is 14.9 Å². The van der Waals surface area contributed by atoms with E-state index in [-0.39, 0.29) is 34.6 Å². The van der Waals surface area contributed by atoms with Gasteiger partial charge in [0, 0.05) is 36.4 Å². The largest absolute Gasteiger partial charge is 0.493 e. The molecule has 0 radical (unpaired) electrons. The van der Waals surface area contributed by atoms with Crippen LogP contribution in [-0.4, -0.2) is 47.1 Å². The molecule has 9 heteroatoms. The molecule has 3 fully saturated rings. The van der Waals surface area contributed by atoms with Gasteiger partial charge in [-0.15, -0.1) is 0 Å². The molecule has 1 saturated carbocycles. The van der Waals surface area contributed by atoms with E-state index >= 15 is 0 Å². The molecule has 0 spiro atoms. The molecular weight excluding hydrogens is 447 g/mol. The van der Waals surface area contributed by atoms with Crippen molar-refractivity contribution in [2.45, 2.75) is 12.5 Å². The highest BCUT2D eigenvalue weighted by molar-refractivity contribution is 6.31. The number of benzene rings is 2. The van der Waals surface area contributed by atoms with E-state index in [1.807, 2.05) is 4.90 Å². The number of carbonyl (C=O) groups excluding carboxylic acids is 1. The Labute approximate surface area is 195 Å². The highest BCUT2D eigenvalue weighted by Crippen LogP contribution is 2.45. The molecule has 2 saturated heterocycles. The molecule has 170 valence electrons. The minimum atomic E-state index is -0.558. The van der Waals surface area contributed by atoms with Crippen LogP contribution in [-0.2, 0) is 4.79 Å². The number of methoxy groups -OCH3 is 1. The summed E-state index contributed by atoms with van der Waals surface area (Å²) in [5.41, 5.74) is 0.831. The molecule has 6 rings (SSSR count). The second-order valence-corrected chi connectivity index (χ2v) is 8.66. The van der Waals surface area contributed by atoms with Crippen molar-refractivity contribution in [3.63, 3.8) is 0 Å². The van der Waals surface area contributed by atoms with E-state index in [4.69, 9.17) is 21.1 Å². The summed E-state index contributed by atoms with van der Waals surface area (Å²) in [5.74, 6) is 1.41. The van der Waals surface area contributed by atoms with Crippen molar-refractivity contribution in [2.75, 3.05) is 25.5 Å². The van der Waals surface area contributed by atoms with E-state index in [2.05, 4.69) is 21.9 Å². The van der Waals surface area contributed by atoms with E-state index in [0.29, 0.717) is 41.3 Å². The average Bonchev–Trinajstić information content (AvgIpc) is 2.84. The monoisotopic (exact) mass is 468 g/mol. The molecular formula is C24H22ClFN4O3. The number of aromatic nitrogens is 2. The molecule has 2 aliphatic heterocycles. The van der Waals surface area contributed by atoms with Gasteiger partial charge in [0.15, 0.2) is 17.3 Å². The summed E-state index contributed by atoms with van der Waals surface area (Å²) in [4.78, 5) is 22.4. The third-order valence-corrected chi connectivity index (χ3v) is 6.61. The van der Waals surface area contributed by atoms with Gasteiger partial charge in [-0.1, -0.05) is 24.2 Å². The molecule has 1 amide bonds. The van der Waals surface area contributed by atoms with Gasteiger partial charge in [-0.05, 0) is 30.7 Å². The van der Waals surface area contributed by atoms with Gasteiger partial charge in [0.1, 0.15) is 18.2 Å². The number of amides is 1. The summed E-state index contributed by atoms with van der Waals surface area (Å²) in [7, 11) is 1.57. The van der Waals surface area contributed by atoms with Gasteiger partial charge in [0.05, 0.1) is 23.3 Å². The van der Waals surface area contributed by atoms with E-state index in [1.54, 1.807) is 31.4 Å². The summed E-state index contributed by atoms with van der Waals surface area (Å²) in [6.45, 7) is 4.86. The van der Waals surface area contributed by atoms with Crippen molar-refractivity contribution < 1.29 is 18.7 Å². The average molecular weight is 469 g/mol. The van der Waals surface area contributed by atoms with Crippen LogP contribution < -0.4 is 14.8 Å². The highest BCUT2D eigenvalue weighted by atomic mass is 35.5. The zero-order chi connectivity index (χ0) is 23.1. The van der Waals surface area contributed by atoms with Gasteiger partial charge in [0.2, 0.25) is 5.91 Å². The van der Waals surface area contributed by atoms with Gasteiger partial charge < -0.3 is 19.7 Å². The van der Waals surface area contributed by atoms with E-state index in [1.165, 1.54) is 18.5 Å². The Morgan fingerprint density at radius 3 is 2.79 bits per heavy atom. The van der Waals surface area contributed by atoms with Gasteiger partial charge in [-0.25, -0.2) is 14.4 Å². The van der Waals surface area contributed by atoms with Crippen molar-refractivity contribution in [3.8, 4) is 11.5 Å². The number of halogens is 2. The van der Waals surface area contributed by atoms with Crippen LogP contribution in [0.5, 0.6) is 11.5 Å². The molecule has 0 unspecified atom stereocenters. The van der Waals surface area contributed by atoms with Crippen LogP contribution in [0.2, 0.25) is 5.02 Å². The first kappa shape index (κ1) is 21.5. The van der Waals surface area contributed by atoms with Gasteiger partial charge in [-0.2, -0.15) is 0 Å². The maximum Gasteiger partial charge on any atom is 0.245 e. The Kier molecular flexibility index (Phi) is 5.54. The predicted molar refractivity (Wildman–Crippen MR) is 124 cm³/mol. The summed E-state index contributed by atoms with van der Waals surface area (Å²) in [6.07, 6.45) is 3.75. The molecule has 3 atom stereocenters. The summed E-state index contributed by atoms with van der Waals surface area (Å²) in [5, 5.41) is 3.68. The summed E-state index contributed by atoms with van der Waals surface area (Å²) >= 11 is 5.91. The quantitative estimate of drug-likeness (QED) is 0.533. The number of nitrogens with zero attached hydrogens (tertiary/aromatic N) is 3. The number of hydrogen-bond donors (Lipinski definition) is 1. The van der Waals surface area contributed by atoms with Crippen LogP contribution in [0.1, 0.15) is 6.42 Å². The fourth-order valence-corrected chi connectivity index (χ4v) is 4.81. The zero-order valence-electron chi connectivity index (χ0n) is 17.9. The van der Waals surface area contributed by atoms with Crippen LogP contribution in [0, 0.1) is 17.7 Å². The molecule has 2 aromatic carbocycles. The number of hydrogen-bond acceptors (Lipinski definition) is 6. The Balaban J connectivity index is 1.45. The highest BCUT2D eigenvalue weighted by Gasteiger charge is 2.49. The lowest BCUT2D eigenvalue weighted by Crippen LogP contribution is -2.61. The first-order chi connectivity index (χ1) is 16.0. The second kappa shape index (κ2) is 8.51. The number of nitrogens with one attached hydrogen (secondary N) is 1. The molecule has 1 N–H and O–H groups in total. The minimum absolute atomic E-state index is 0.0170. The smallest absolute Gasteiger partial charge is 0.245 e. The molecule has 1 aliphatic carbocycles. The van der Waals surface area contributed by atoms with Gasteiger partial charge in [-0.3, -0.25) is 4.79 Å². The summed E-state index contributed by atoms with van der Waals surface area (Å²) < 4.78 is 26.4. The van der Waals surface area contributed by atoms with Crippen LogP contribution >= 0.6 is 11.6 Å². The predicted octanol–water partition coefficient (Wildman–Crippen LogP) is 4.59. The van der Waals surface area contributed by atoms with E-state index < -0.39 is 5.82 Å². The standard InChI is InChI=1S/C24H22ClFN4O3/c1-3-21(31)30-10-13-7-14(11-30)23(13)33-20-8-15-18(9-19(20)32-2)27-12-28-24(15)29-17-6-4-5-16(25)22(17)26/h3-6,8-9,12-14,23H,1,7,10-11H2,2H3,(H,27,28,29)/t13-,14+,23+. The molecule has 3 aromatic rings. The fraction of sp³-hybridized carbons (Fsp3) is 0.292. The SMILES string of the molecule is C=CC(=O)N1C[C@H]2C[C@@H](C1)[C@H]2Oc1cc2c(Nc3cccc(Cl)c3F)ncnc2cc1OC. The van der Waals surface area contributed by atoms with Crippen LogP contribution in [0.15, 0.2) is 49.3 Å². The first-order valence-corrected chi connectivity index (χ1v) is 11.0. The number of piperidine rings is 2. The Hall–Kier alpha value is -3.39. The van der Waals surface area contributed by atoms with Crippen molar-refractivity contribution in [3.05, 3.63) is 60.2 Å². The second-order valence-electron chi connectivity index (χ2n) is 8.25. The Morgan fingerprint density at radius 2 is 2.06 bits per heavy atom. The molecule has 3 aliphatic rings. The molecule has 1 aromatic heterocycles. The number of ether oxygens (including phenoxy) is 2. The molecule has 3 heterocycles. The third-order valence-electron chi connectivity index (χ3n) is 6.32. The molecule has 7 nitrogen and oxygen atoms in total. The maximum absolute atomic E-state index is 14.4. The van der Waals surface area contributed by atoms with Gasteiger partial charge >= 0.3 is 0 Å². The Morgan fingerprint density at radius 1 is 1.27 bits per heavy atom. The topological polar surface area (TPSA) is 76.6 Å². The normalized spacial score (nSPS) is 21.3. The number of anilines is 2. The van der Waals surface area contributed by atoms with Gasteiger partial charge in [0.25, 0.3) is 0 Å². The Bertz CT molecular complexity index is 1240. The van der Waals surface area contributed by atoms with Crippen molar-refractivity contribution in [1.29, 1.82) is 0 Å². The number of fused-ring (bicyclic) bond motifs is 3. The number of rotatable bonds is 6. The lowest BCUT2D eigenvalue weighted by molar-refractivity contribution is -0.142. The van der Waals surface area contributed by atoms with Crippen LogP contribution in [0.3, 0.4) is 0 Å². The van der Waals surface area contributed by atoms with E-state index in [0.717, 1.165) is 6.42 Å². The number of carbonyl (C=O) groups is 1. The zero-order valence-corrected chi connectivity index (χ0v) is 18.7. The van der Waals surface area contributed by atoms with Crippen molar-refractivity contribution >= 4 is 39.9 Å². The van der Waals surface area contributed by atoms with Crippen LogP contribution in [0.4, 0.5) is 15.9 Å². The summed E-state index contributed by atoms with van der Waals surface area (Å²) in [6, 6.07) is 8.30. The third kappa shape index (κ3) is 3.84. The minimum Gasteiger partial charge on any atom is -0.493 e. The fourth-order valence-electron chi connectivity index (χ4n) is 4.63. The van der Waals surface area contributed by atoms with E-state index in [9.17, 15) is 9.18 Å². The molecule has 33 heavy (non-hydrogen) atoms.